The number of cyclic esters (lactones) is 1. The van der Waals surface area contributed by atoms with Crippen molar-refractivity contribution in [3.05, 3.63) is 75.5 Å². The van der Waals surface area contributed by atoms with E-state index in [2.05, 4.69) is 15.9 Å². The third kappa shape index (κ3) is 3.93. The second-order valence-corrected chi connectivity index (χ2v) is 9.29. The summed E-state index contributed by atoms with van der Waals surface area (Å²) in [6.07, 6.45) is 0. The predicted molar refractivity (Wildman–Crippen MR) is 112 cm³/mol. The summed E-state index contributed by atoms with van der Waals surface area (Å²) in [4.78, 5) is 12.1. The van der Waals surface area contributed by atoms with Gasteiger partial charge in [0.2, 0.25) is 0 Å². The summed E-state index contributed by atoms with van der Waals surface area (Å²) in [5.74, 6) is -4.00. The van der Waals surface area contributed by atoms with Gasteiger partial charge in [-0.1, -0.05) is 6.07 Å². The highest BCUT2D eigenvalue weighted by atomic mass is 79.9. The van der Waals surface area contributed by atoms with Gasteiger partial charge in [-0.15, -0.1) is 0 Å². The number of carbonyl (C=O) groups is 1. The van der Waals surface area contributed by atoms with E-state index in [-0.39, 0.29) is 39.1 Å². The Hall–Kier alpha value is -3.05. The van der Waals surface area contributed by atoms with E-state index >= 15 is 0 Å². The second kappa shape index (κ2) is 8.14. The molecule has 6 nitrogen and oxygen atoms in total. The molecule has 0 saturated heterocycles. The minimum Gasteiger partial charge on any atom is -0.494 e. The van der Waals surface area contributed by atoms with Gasteiger partial charge in [0.25, 0.3) is 10.0 Å². The van der Waals surface area contributed by atoms with Crippen LogP contribution < -0.4 is 9.46 Å². The second-order valence-electron chi connectivity index (χ2n) is 6.78. The van der Waals surface area contributed by atoms with Crippen LogP contribution in [0.3, 0.4) is 0 Å². The van der Waals surface area contributed by atoms with Gasteiger partial charge >= 0.3 is 5.97 Å². The molecule has 0 spiro atoms. The smallest absolute Gasteiger partial charge is 0.338 e. The number of ether oxygens (including phenoxy) is 2. The highest BCUT2D eigenvalue weighted by molar-refractivity contribution is 9.10. The van der Waals surface area contributed by atoms with Crippen molar-refractivity contribution >= 4 is 37.6 Å². The molecule has 4 bridgehead atoms. The highest BCUT2D eigenvalue weighted by Crippen LogP contribution is 2.37. The SMILES string of the molecule is COc1c(Br)cc2cc1S(=O)(=O)Nc1cc(c(F)cc1F)-c1cc(F)ccc1COC2=O. The molecular formula is C21H13BrF3NO5S. The van der Waals surface area contributed by atoms with Crippen LogP contribution in [-0.2, 0) is 21.4 Å². The van der Waals surface area contributed by atoms with Gasteiger partial charge < -0.3 is 9.47 Å². The van der Waals surface area contributed by atoms with E-state index in [1.54, 1.807) is 0 Å². The van der Waals surface area contributed by atoms with E-state index in [0.717, 1.165) is 24.3 Å². The highest BCUT2D eigenvalue weighted by Gasteiger charge is 2.27. The summed E-state index contributed by atoms with van der Waals surface area (Å²) in [6.45, 7) is -0.375. The number of fused-ring (bicyclic) bond motifs is 6. The zero-order chi connectivity index (χ0) is 23.2. The molecule has 3 aromatic carbocycles. The lowest BCUT2D eigenvalue weighted by Crippen LogP contribution is -2.16. The van der Waals surface area contributed by atoms with E-state index in [1.165, 1.54) is 19.2 Å². The van der Waals surface area contributed by atoms with E-state index in [9.17, 15) is 26.4 Å². The number of hydrogen-bond donors (Lipinski definition) is 1. The van der Waals surface area contributed by atoms with Gasteiger partial charge in [0, 0.05) is 11.6 Å². The van der Waals surface area contributed by atoms with Gasteiger partial charge in [0.15, 0.2) is 5.75 Å². The molecule has 0 radical (unpaired) electrons. The lowest BCUT2D eigenvalue weighted by molar-refractivity contribution is 0.0473. The van der Waals surface area contributed by atoms with Crippen LogP contribution in [0, 0.1) is 17.5 Å². The summed E-state index contributed by atoms with van der Waals surface area (Å²) in [5.41, 5.74) is -0.800. The van der Waals surface area contributed by atoms with Gasteiger partial charge in [0.05, 0.1) is 22.8 Å². The molecule has 0 atom stereocenters. The van der Waals surface area contributed by atoms with Crippen molar-refractivity contribution in [2.75, 3.05) is 11.8 Å². The number of benzene rings is 3. The molecule has 32 heavy (non-hydrogen) atoms. The first-order chi connectivity index (χ1) is 15.1. The number of rotatable bonds is 1. The third-order valence-electron chi connectivity index (χ3n) is 4.76. The van der Waals surface area contributed by atoms with E-state index in [0.29, 0.717) is 6.07 Å². The Morgan fingerprint density at radius 3 is 2.50 bits per heavy atom. The molecule has 166 valence electrons. The van der Waals surface area contributed by atoms with Gasteiger partial charge in [-0.2, -0.15) is 0 Å². The van der Waals surface area contributed by atoms with Gasteiger partial charge in [-0.25, -0.2) is 26.4 Å². The van der Waals surface area contributed by atoms with Crippen LogP contribution in [0.2, 0.25) is 0 Å². The maximum absolute atomic E-state index is 14.6. The molecule has 0 fully saturated rings. The van der Waals surface area contributed by atoms with Gasteiger partial charge in [0.1, 0.15) is 29.0 Å². The monoisotopic (exact) mass is 527 g/mol. The molecule has 4 rings (SSSR count). The topological polar surface area (TPSA) is 81.7 Å². The first-order valence-electron chi connectivity index (χ1n) is 8.96. The average molecular weight is 528 g/mol. The summed E-state index contributed by atoms with van der Waals surface area (Å²) in [5, 5.41) is 0. The predicted octanol–water partition coefficient (Wildman–Crippen LogP) is 5.01. The first-order valence-corrected chi connectivity index (χ1v) is 11.2. The van der Waals surface area contributed by atoms with Crippen LogP contribution in [0.4, 0.5) is 18.9 Å². The molecule has 1 aliphatic heterocycles. The van der Waals surface area contributed by atoms with Gasteiger partial charge in [-0.3, -0.25) is 4.72 Å². The summed E-state index contributed by atoms with van der Waals surface area (Å²) in [6, 6.07) is 7.07. The number of sulfonamides is 1. The van der Waals surface area contributed by atoms with Crippen molar-refractivity contribution in [2.45, 2.75) is 11.5 Å². The summed E-state index contributed by atoms with van der Waals surface area (Å²) >= 11 is 3.15. The number of halogens is 4. The Morgan fingerprint density at radius 1 is 1.03 bits per heavy atom. The number of anilines is 1. The normalized spacial score (nSPS) is 14.7. The zero-order valence-electron chi connectivity index (χ0n) is 16.2. The van der Waals surface area contributed by atoms with E-state index < -0.39 is 44.0 Å². The average Bonchev–Trinajstić information content (AvgIpc) is 2.73. The summed E-state index contributed by atoms with van der Waals surface area (Å²) < 4.78 is 81.8. The molecule has 0 aromatic heterocycles. The van der Waals surface area contributed by atoms with Gasteiger partial charge in [-0.05, 0) is 57.4 Å². The maximum atomic E-state index is 14.6. The van der Waals surface area contributed by atoms with Crippen molar-refractivity contribution in [2.24, 2.45) is 0 Å². The molecule has 0 unspecified atom stereocenters. The quantitative estimate of drug-likeness (QED) is 0.449. The van der Waals surface area contributed by atoms with E-state index in [1.807, 2.05) is 4.72 Å². The molecule has 0 aliphatic carbocycles. The minimum atomic E-state index is -4.52. The zero-order valence-corrected chi connectivity index (χ0v) is 18.6. The van der Waals surface area contributed by atoms with Crippen molar-refractivity contribution in [3.8, 4) is 16.9 Å². The van der Waals surface area contributed by atoms with Crippen LogP contribution in [0.25, 0.3) is 11.1 Å². The first kappa shape index (κ1) is 22.2. The lowest BCUT2D eigenvalue weighted by Gasteiger charge is -2.15. The number of methoxy groups -OCH3 is 1. The molecule has 1 aliphatic rings. The van der Waals surface area contributed by atoms with Crippen LogP contribution in [-0.4, -0.2) is 21.5 Å². The fourth-order valence-corrected chi connectivity index (χ4v) is 5.30. The molecule has 0 saturated carbocycles. The molecular weight excluding hydrogens is 515 g/mol. The Kier molecular flexibility index (Phi) is 5.63. The number of esters is 1. The number of carbonyl (C=O) groups excluding carboxylic acids is 1. The van der Waals surface area contributed by atoms with Crippen molar-refractivity contribution in [1.29, 1.82) is 0 Å². The molecule has 1 N–H and O–H groups in total. The number of hydrogen-bond acceptors (Lipinski definition) is 5. The standard InChI is InChI=1S/C21H13BrF3NO5S/c1-30-20-15(22)4-11-5-19(20)32(28,29)26-18-7-14(16(24)8-17(18)25)13-6-12(23)3-2-10(13)9-31-21(11)27/h2-8,26H,9H2,1H3. The lowest BCUT2D eigenvalue weighted by atomic mass is 9.98. The van der Waals surface area contributed by atoms with Crippen LogP contribution in [0.1, 0.15) is 15.9 Å². The van der Waals surface area contributed by atoms with Crippen LogP contribution in [0.15, 0.2) is 51.8 Å². The Balaban J connectivity index is 2.03. The van der Waals surface area contributed by atoms with Crippen LogP contribution >= 0.6 is 15.9 Å². The Morgan fingerprint density at radius 2 is 1.78 bits per heavy atom. The summed E-state index contributed by atoms with van der Waals surface area (Å²) in [7, 11) is -3.30. The van der Waals surface area contributed by atoms with E-state index in [4.69, 9.17) is 9.47 Å². The number of nitrogens with one attached hydrogen (secondary N) is 1. The molecule has 0 amide bonds. The van der Waals surface area contributed by atoms with Crippen molar-refractivity contribution < 1.29 is 35.9 Å². The Labute approximate surface area is 189 Å². The third-order valence-corrected chi connectivity index (χ3v) is 6.72. The maximum Gasteiger partial charge on any atom is 0.338 e. The molecule has 1 heterocycles. The largest absolute Gasteiger partial charge is 0.494 e. The minimum absolute atomic E-state index is 0.0273. The van der Waals surface area contributed by atoms with Crippen LogP contribution in [0.5, 0.6) is 5.75 Å². The van der Waals surface area contributed by atoms with Crippen molar-refractivity contribution in [1.82, 2.24) is 0 Å². The molecule has 11 heteroatoms. The Bertz CT molecular complexity index is 1380. The van der Waals surface area contributed by atoms with Crippen molar-refractivity contribution in [3.63, 3.8) is 0 Å². The fourth-order valence-electron chi connectivity index (χ4n) is 3.27. The molecule has 3 aromatic rings. The fraction of sp³-hybridized carbons (Fsp3) is 0.0952.